The fraction of sp³-hybridized carbons (Fsp3) is 0.222. The monoisotopic (exact) mass is 266 g/mol. The number of hydrogen-bond donors (Lipinski definition) is 1. The third-order valence-corrected chi connectivity index (χ3v) is 3.62. The Hall–Kier alpha value is -2.06. The van der Waals surface area contributed by atoms with Gasteiger partial charge in [-0.05, 0) is 34.9 Å². The maximum Gasteiger partial charge on any atom is 0.119 e. The molecule has 0 saturated heterocycles. The molecule has 2 nitrogen and oxygen atoms in total. The van der Waals surface area contributed by atoms with Gasteiger partial charge in [0.2, 0.25) is 0 Å². The van der Waals surface area contributed by atoms with Gasteiger partial charge in [-0.15, -0.1) is 0 Å². The minimum absolute atomic E-state index is 0.623. The van der Waals surface area contributed by atoms with Crippen molar-refractivity contribution in [2.75, 3.05) is 13.1 Å². The lowest BCUT2D eigenvalue weighted by molar-refractivity contribution is -0.646. The maximum atomic E-state index is 5.81. The van der Waals surface area contributed by atoms with Crippen LogP contribution in [-0.4, -0.2) is 13.1 Å². The van der Waals surface area contributed by atoms with Crippen molar-refractivity contribution in [3.63, 3.8) is 0 Å². The molecule has 0 spiro atoms. The Morgan fingerprint density at radius 1 is 0.950 bits per heavy atom. The van der Waals surface area contributed by atoms with E-state index in [1.807, 2.05) is 18.2 Å². The maximum absolute atomic E-state index is 5.81. The Morgan fingerprint density at radius 3 is 2.45 bits per heavy atom. The highest BCUT2D eigenvalue weighted by molar-refractivity contribution is 5.66. The van der Waals surface area contributed by atoms with Gasteiger partial charge in [-0.2, -0.15) is 0 Å². The van der Waals surface area contributed by atoms with Crippen LogP contribution in [-0.2, 0) is 6.61 Å². The van der Waals surface area contributed by atoms with Crippen molar-refractivity contribution in [3.8, 4) is 5.75 Å². The second-order valence-electron chi connectivity index (χ2n) is 5.09. The smallest absolute Gasteiger partial charge is 0.119 e. The Bertz CT molecular complexity index is 572. The lowest BCUT2D eigenvalue weighted by Gasteiger charge is -2.13. The summed E-state index contributed by atoms with van der Waals surface area (Å²) in [6.07, 6.45) is 3.48. The average Bonchev–Trinajstić information content (AvgIpc) is 2.55. The lowest BCUT2D eigenvalue weighted by Crippen LogP contribution is -2.84. The van der Waals surface area contributed by atoms with Gasteiger partial charge < -0.3 is 10.1 Å². The molecule has 0 amide bonds. The van der Waals surface area contributed by atoms with Crippen LogP contribution in [0.1, 0.15) is 17.5 Å². The standard InChI is InChI=1S/C18H19NO/c1-2-4-15(5-3-1)14-20-18-8-6-16(7-9-18)17-10-12-19-13-11-17/h1-10,19H,11-14H2/p+1. The van der Waals surface area contributed by atoms with E-state index in [0.717, 1.165) is 18.7 Å². The largest absolute Gasteiger partial charge is 0.489 e. The molecule has 0 aliphatic carbocycles. The summed E-state index contributed by atoms with van der Waals surface area (Å²) in [4.78, 5) is 0. The molecular weight excluding hydrogens is 246 g/mol. The lowest BCUT2D eigenvalue weighted by atomic mass is 10.0. The van der Waals surface area contributed by atoms with Crippen LogP contribution >= 0.6 is 0 Å². The minimum atomic E-state index is 0.623. The van der Waals surface area contributed by atoms with E-state index in [0.29, 0.717) is 6.61 Å². The molecule has 0 radical (unpaired) electrons. The molecule has 2 heteroatoms. The molecule has 0 aromatic heterocycles. The fourth-order valence-electron chi connectivity index (χ4n) is 2.47. The van der Waals surface area contributed by atoms with Crippen molar-refractivity contribution < 1.29 is 10.1 Å². The van der Waals surface area contributed by atoms with Crippen LogP contribution in [0.3, 0.4) is 0 Å². The van der Waals surface area contributed by atoms with Gasteiger partial charge in [0.25, 0.3) is 0 Å². The molecule has 102 valence electrons. The first-order chi connectivity index (χ1) is 9.92. The SMILES string of the molecule is C1=C(c2ccc(OCc3ccccc3)cc2)CC[NH2+]C1. The van der Waals surface area contributed by atoms with Gasteiger partial charge in [0.15, 0.2) is 0 Å². The van der Waals surface area contributed by atoms with E-state index in [9.17, 15) is 0 Å². The van der Waals surface area contributed by atoms with E-state index < -0.39 is 0 Å². The topological polar surface area (TPSA) is 25.8 Å². The normalized spacial score (nSPS) is 14.7. The average molecular weight is 266 g/mol. The molecule has 2 aromatic carbocycles. The van der Waals surface area contributed by atoms with E-state index >= 15 is 0 Å². The molecule has 0 atom stereocenters. The van der Waals surface area contributed by atoms with Crippen molar-refractivity contribution in [2.45, 2.75) is 13.0 Å². The summed E-state index contributed by atoms with van der Waals surface area (Å²) in [6.45, 7) is 2.91. The highest BCUT2D eigenvalue weighted by Crippen LogP contribution is 2.22. The molecule has 2 aromatic rings. The Morgan fingerprint density at radius 2 is 1.75 bits per heavy atom. The van der Waals surface area contributed by atoms with Crippen LogP contribution in [0, 0.1) is 0 Å². The third-order valence-electron chi connectivity index (χ3n) is 3.62. The van der Waals surface area contributed by atoms with Gasteiger partial charge in [0, 0.05) is 6.42 Å². The van der Waals surface area contributed by atoms with Gasteiger partial charge in [0.05, 0.1) is 13.1 Å². The van der Waals surface area contributed by atoms with Crippen LogP contribution in [0.2, 0.25) is 0 Å². The van der Waals surface area contributed by atoms with Crippen molar-refractivity contribution >= 4 is 5.57 Å². The van der Waals surface area contributed by atoms with Crippen LogP contribution in [0.4, 0.5) is 0 Å². The summed E-state index contributed by atoms with van der Waals surface area (Å²) in [6, 6.07) is 18.7. The zero-order valence-electron chi connectivity index (χ0n) is 11.6. The van der Waals surface area contributed by atoms with Crippen molar-refractivity contribution in [3.05, 3.63) is 71.8 Å². The second kappa shape index (κ2) is 6.40. The molecule has 1 aliphatic rings. The fourth-order valence-corrected chi connectivity index (χ4v) is 2.47. The molecule has 1 heterocycles. The quantitative estimate of drug-likeness (QED) is 0.904. The number of nitrogens with two attached hydrogens (primary N) is 1. The molecule has 1 aliphatic heterocycles. The van der Waals surface area contributed by atoms with Gasteiger partial charge in [-0.1, -0.05) is 42.5 Å². The summed E-state index contributed by atoms with van der Waals surface area (Å²) >= 11 is 0. The van der Waals surface area contributed by atoms with E-state index in [1.54, 1.807) is 0 Å². The van der Waals surface area contributed by atoms with Crippen molar-refractivity contribution in [1.29, 1.82) is 0 Å². The van der Waals surface area contributed by atoms with Crippen molar-refractivity contribution in [2.24, 2.45) is 0 Å². The highest BCUT2D eigenvalue weighted by atomic mass is 16.5. The molecule has 0 unspecified atom stereocenters. The number of quaternary nitrogens is 1. The van der Waals surface area contributed by atoms with Crippen LogP contribution in [0.5, 0.6) is 5.75 Å². The second-order valence-corrected chi connectivity index (χ2v) is 5.09. The Balaban J connectivity index is 1.63. The first kappa shape index (κ1) is 12.9. The van der Waals surface area contributed by atoms with Crippen molar-refractivity contribution in [1.82, 2.24) is 0 Å². The molecule has 0 saturated carbocycles. The molecular formula is C18H20NO+. The molecule has 20 heavy (non-hydrogen) atoms. The summed E-state index contributed by atoms with van der Waals surface area (Å²) < 4.78 is 5.81. The molecule has 0 fully saturated rings. The van der Waals surface area contributed by atoms with Crippen LogP contribution in [0.15, 0.2) is 60.7 Å². The number of rotatable bonds is 4. The van der Waals surface area contributed by atoms with E-state index in [-0.39, 0.29) is 0 Å². The number of hydrogen-bond acceptors (Lipinski definition) is 1. The predicted octanol–water partition coefficient (Wildman–Crippen LogP) is 2.62. The minimum Gasteiger partial charge on any atom is -0.489 e. The Labute approximate surface area is 120 Å². The van der Waals surface area contributed by atoms with Gasteiger partial charge in [-0.25, -0.2) is 0 Å². The predicted molar refractivity (Wildman–Crippen MR) is 81.5 cm³/mol. The Kier molecular flexibility index (Phi) is 4.14. The van der Waals surface area contributed by atoms with Gasteiger partial charge in [0.1, 0.15) is 12.4 Å². The first-order valence-electron chi connectivity index (χ1n) is 7.20. The summed E-state index contributed by atoms with van der Waals surface area (Å²) in [7, 11) is 0. The van der Waals surface area contributed by atoms with E-state index in [1.165, 1.54) is 23.2 Å². The summed E-state index contributed by atoms with van der Waals surface area (Å²) in [5.74, 6) is 0.931. The zero-order chi connectivity index (χ0) is 13.6. The van der Waals surface area contributed by atoms with E-state index in [4.69, 9.17) is 4.74 Å². The molecule has 2 N–H and O–H groups in total. The summed E-state index contributed by atoms with van der Waals surface area (Å²) in [5.41, 5.74) is 3.98. The number of benzene rings is 2. The number of ether oxygens (including phenoxy) is 1. The molecule has 0 bridgehead atoms. The molecule has 3 rings (SSSR count). The highest BCUT2D eigenvalue weighted by Gasteiger charge is 2.07. The van der Waals surface area contributed by atoms with Gasteiger partial charge >= 0.3 is 0 Å². The first-order valence-corrected chi connectivity index (χ1v) is 7.20. The van der Waals surface area contributed by atoms with Crippen LogP contribution in [0.25, 0.3) is 5.57 Å². The zero-order valence-corrected chi connectivity index (χ0v) is 11.6. The van der Waals surface area contributed by atoms with Crippen LogP contribution < -0.4 is 10.1 Å². The summed E-state index contributed by atoms with van der Waals surface area (Å²) in [5, 5.41) is 2.33. The third kappa shape index (κ3) is 3.28. The van der Waals surface area contributed by atoms with Gasteiger partial charge in [-0.3, -0.25) is 0 Å². The van der Waals surface area contributed by atoms with E-state index in [2.05, 4.69) is 47.8 Å².